The van der Waals surface area contributed by atoms with Crippen LogP contribution in [0.2, 0.25) is 0 Å². The van der Waals surface area contributed by atoms with Crippen molar-refractivity contribution >= 4 is 29.9 Å². The number of aliphatic imine (C=N–C) groups is 1. The summed E-state index contributed by atoms with van der Waals surface area (Å²) in [7, 11) is 4.91. The number of hydrogen-bond donors (Lipinski definition) is 2. The number of aliphatic hydroxyl groups is 1. The van der Waals surface area contributed by atoms with Gasteiger partial charge in [-0.3, -0.25) is 9.89 Å². The molecule has 1 aromatic rings. The van der Waals surface area contributed by atoms with Crippen molar-refractivity contribution in [2.45, 2.75) is 51.2 Å². The monoisotopic (exact) mass is 576 g/mol. The summed E-state index contributed by atoms with van der Waals surface area (Å²) in [5, 5.41) is 14.2. The Labute approximate surface area is 215 Å². The summed E-state index contributed by atoms with van der Waals surface area (Å²) in [5.41, 5.74) is 0.501. The summed E-state index contributed by atoms with van der Waals surface area (Å²) in [6, 6.07) is 4.04. The summed E-state index contributed by atoms with van der Waals surface area (Å²) < 4.78 is 16.4. The molecular formula is C24H41IN4O4. The minimum Gasteiger partial charge on any atom is -0.493 e. The Kier molecular flexibility index (Phi) is 11.3. The van der Waals surface area contributed by atoms with Gasteiger partial charge in [-0.05, 0) is 37.5 Å². The second kappa shape index (κ2) is 13.4. The van der Waals surface area contributed by atoms with Gasteiger partial charge in [0.05, 0.1) is 33.5 Å². The largest absolute Gasteiger partial charge is 0.493 e. The Morgan fingerprint density at radius 3 is 2.12 bits per heavy atom. The first-order valence-corrected chi connectivity index (χ1v) is 11.8. The Morgan fingerprint density at radius 2 is 1.61 bits per heavy atom. The van der Waals surface area contributed by atoms with Crippen LogP contribution in [0.15, 0.2) is 17.1 Å². The van der Waals surface area contributed by atoms with Gasteiger partial charge in [-0.15, -0.1) is 24.0 Å². The number of benzene rings is 1. The molecule has 0 atom stereocenters. The summed E-state index contributed by atoms with van der Waals surface area (Å²) in [6.45, 7) is 7.88. The number of ether oxygens (including phenoxy) is 3. The van der Waals surface area contributed by atoms with Gasteiger partial charge in [-0.1, -0.05) is 19.3 Å². The smallest absolute Gasteiger partial charge is 0.203 e. The van der Waals surface area contributed by atoms with Crippen molar-refractivity contribution in [2.75, 3.05) is 60.6 Å². The van der Waals surface area contributed by atoms with E-state index in [2.05, 4.69) is 22.0 Å². The van der Waals surface area contributed by atoms with Crippen molar-refractivity contribution in [3.8, 4) is 17.2 Å². The van der Waals surface area contributed by atoms with Gasteiger partial charge in [0.2, 0.25) is 5.75 Å². The second-order valence-corrected chi connectivity index (χ2v) is 8.75. The molecule has 3 rings (SSSR count). The van der Waals surface area contributed by atoms with E-state index in [1.807, 2.05) is 12.1 Å². The second-order valence-electron chi connectivity index (χ2n) is 8.75. The van der Waals surface area contributed by atoms with Crippen LogP contribution in [-0.4, -0.2) is 87.1 Å². The van der Waals surface area contributed by atoms with Crippen LogP contribution in [0.3, 0.4) is 0 Å². The molecule has 0 aromatic heterocycles. The summed E-state index contributed by atoms with van der Waals surface area (Å²) in [5.74, 6) is 2.90. The maximum Gasteiger partial charge on any atom is 0.203 e. The SMILES string of the molecule is CCNC(=NCC1(O)CCCCC1)N1CCN(Cc2cc(OC)c(OC)c(OC)c2)CC1.I. The highest BCUT2D eigenvalue weighted by molar-refractivity contribution is 14.0. The van der Waals surface area contributed by atoms with E-state index in [-0.39, 0.29) is 24.0 Å². The maximum absolute atomic E-state index is 10.8. The van der Waals surface area contributed by atoms with Gasteiger partial charge < -0.3 is 29.5 Å². The van der Waals surface area contributed by atoms with Gasteiger partial charge >= 0.3 is 0 Å². The fraction of sp³-hybridized carbons (Fsp3) is 0.708. The zero-order valence-corrected chi connectivity index (χ0v) is 22.9. The van der Waals surface area contributed by atoms with E-state index in [1.165, 1.54) is 6.42 Å². The molecule has 9 heteroatoms. The van der Waals surface area contributed by atoms with Crippen molar-refractivity contribution in [1.29, 1.82) is 0 Å². The van der Waals surface area contributed by atoms with Crippen molar-refractivity contribution in [2.24, 2.45) is 4.99 Å². The molecule has 1 saturated heterocycles. The van der Waals surface area contributed by atoms with E-state index < -0.39 is 5.60 Å². The number of hydrogen-bond acceptors (Lipinski definition) is 6. The lowest BCUT2D eigenvalue weighted by molar-refractivity contribution is 0.0128. The van der Waals surface area contributed by atoms with E-state index >= 15 is 0 Å². The Balaban J connectivity index is 0.00000385. The number of halogens is 1. The predicted molar refractivity (Wildman–Crippen MR) is 142 cm³/mol. The van der Waals surface area contributed by atoms with Crippen LogP contribution in [0.4, 0.5) is 0 Å². The molecule has 0 spiro atoms. The third-order valence-corrected chi connectivity index (χ3v) is 6.44. The Morgan fingerprint density at radius 1 is 1.00 bits per heavy atom. The van der Waals surface area contributed by atoms with Crippen LogP contribution in [0.1, 0.15) is 44.6 Å². The third-order valence-electron chi connectivity index (χ3n) is 6.44. The molecule has 188 valence electrons. The highest BCUT2D eigenvalue weighted by Crippen LogP contribution is 2.38. The van der Waals surface area contributed by atoms with E-state index in [1.54, 1.807) is 21.3 Å². The van der Waals surface area contributed by atoms with E-state index in [0.29, 0.717) is 23.8 Å². The topological polar surface area (TPSA) is 78.8 Å². The predicted octanol–water partition coefficient (Wildman–Crippen LogP) is 3.11. The van der Waals surface area contributed by atoms with Crippen molar-refractivity contribution < 1.29 is 19.3 Å². The number of nitrogens with one attached hydrogen (secondary N) is 1. The minimum absolute atomic E-state index is 0. The third kappa shape index (κ3) is 7.51. The van der Waals surface area contributed by atoms with Crippen LogP contribution >= 0.6 is 24.0 Å². The fourth-order valence-electron chi connectivity index (χ4n) is 4.62. The fourth-order valence-corrected chi connectivity index (χ4v) is 4.62. The highest BCUT2D eigenvalue weighted by atomic mass is 127. The average molecular weight is 577 g/mol. The van der Waals surface area contributed by atoms with Gasteiger partial charge in [-0.25, -0.2) is 0 Å². The van der Waals surface area contributed by atoms with Gasteiger partial charge in [0.15, 0.2) is 17.5 Å². The van der Waals surface area contributed by atoms with Crippen LogP contribution in [-0.2, 0) is 6.54 Å². The summed E-state index contributed by atoms with van der Waals surface area (Å²) >= 11 is 0. The maximum atomic E-state index is 10.8. The zero-order valence-electron chi connectivity index (χ0n) is 20.6. The molecule has 1 aromatic carbocycles. The van der Waals surface area contributed by atoms with E-state index in [4.69, 9.17) is 19.2 Å². The first kappa shape index (κ1) is 27.8. The molecule has 8 nitrogen and oxygen atoms in total. The highest BCUT2D eigenvalue weighted by Gasteiger charge is 2.29. The van der Waals surface area contributed by atoms with Crippen molar-refractivity contribution in [3.63, 3.8) is 0 Å². The lowest BCUT2D eigenvalue weighted by Gasteiger charge is -2.37. The van der Waals surface area contributed by atoms with Crippen LogP contribution in [0.5, 0.6) is 17.2 Å². The van der Waals surface area contributed by atoms with E-state index in [0.717, 1.165) is 76.5 Å². The van der Waals surface area contributed by atoms with Crippen molar-refractivity contribution in [1.82, 2.24) is 15.1 Å². The lowest BCUT2D eigenvalue weighted by Crippen LogP contribution is -2.52. The normalized spacial score (nSPS) is 18.9. The average Bonchev–Trinajstić information content (AvgIpc) is 2.82. The van der Waals surface area contributed by atoms with Gasteiger partial charge in [0, 0.05) is 39.3 Å². The Bertz CT molecular complexity index is 738. The molecule has 0 amide bonds. The van der Waals surface area contributed by atoms with Gasteiger partial charge in [0.1, 0.15) is 0 Å². The number of rotatable bonds is 8. The standard InChI is InChI=1S/C24H40N4O4.HI/c1-5-25-23(26-18-24(29)9-7-6-8-10-24)28-13-11-27(12-14-28)17-19-15-20(30-2)22(32-4)21(16-19)31-3;/h15-16,29H,5-14,17-18H2,1-4H3,(H,25,26);1H. The van der Waals surface area contributed by atoms with Crippen molar-refractivity contribution in [3.05, 3.63) is 17.7 Å². The molecule has 0 radical (unpaired) electrons. The number of nitrogens with zero attached hydrogens (tertiary/aromatic N) is 3. The first-order valence-electron chi connectivity index (χ1n) is 11.8. The molecular weight excluding hydrogens is 535 g/mol. The first-order chi connectivity index (χ1) is 15.5. The molecule has 1 aliphatic heterocycles. The van der Waals surface area contributed by atoms with Crippen LogP contribution in [0, 0.1) is 0 Å². The number of piperazine rings is 1. The molecule has 2 N–H and O–H groups in total. The Hall–Kier alpha value is -1.46. The molecule has 2 fully saturated rings. The minimum atomic E-state index is -0.632. The summed E-state index contributed by atoms with van der Waals surface area (Å²) in [4.78, 5) is 9.55. The van der Waals surface area contributed by atoms with Gasteiger partial charge in [-0.2, -0.15) is 0 Å². The molecule has 0 unspecified atom stereocenters. The molecule has 0 bridgehead atoms. The zero-order chi connectivity index (χ0) is 23.0. The summed E-state index contributed by atoms with van der Waals surface area (Å²) in [6.07, 6.45) is 5.14. The van der Waals surface area contributed by atoms with Crippen LogP contribution in [0.25, 0.3) is 0 Å². The molecule has 33 heavy (non-hydrogen) atoms. The quantitative estimate of drug-likeness (QED) is 0.280. The lowest BCUT2D eigenvalue weighted by atomic mass is 9.85. The molecule has 1 saturated carbocycles. The van der Waals surface area contributed by atoms with E-state index in [9.17, 15) is 5.11 Å². The molecule has 2 aliphatic rings. The number of methoxy groups -OCH3 is 3. The van der Waals surface area contributed by atoms with Crippen LogP contribution < -0.4 is 19.5 Å². The van der Waals surface area contributed by atoms with Gasteiger partial charge in [0.25, 0.3) is 0 Å². The molecule has 1 aliphatic carbocycles. The molecule has 1 heterocycles. The number of guanidine groups is 1.